The van der Waals surface area contributed by atoms with Crippen molar-refractivity contribution in [3.05, 3.63) is 119 Å². The lowest BCUT2D eigenvalue weighted by atomic mass is 9.99. The van der Waals surface area contributed by atoms with Crippen molar-refractivity contribution in [1.29, 1.82) is 0 Å². The molecule has 3 atom stereocenters. The summed E-state index contributed by atoms with van der Waals surface area (Å²) >= 11 is 1.34. The highest BCUT2D eigenvalue weighted by Crippen LogP contribution is 2.40. The van der Waals surface area contributed by atoms with Gasteiger partial charge in [-0.15, -0.1) is 11.8 Å². The van der Waals surface area contributed by atoms with Crippen LogP contribution >= 0.6 is 11.8 Å². The van der Waals surface area contributed by atoms with Gasteiger partial charge in [-0.05, 0) is 58.9 Å². The Labute approximate surface area is 283 Å². The van der Waals surface area contributed by atoms with Gasteiger partial charge < -0.3 is 30.1 Å². The van der Waals surface area contributed by atoms with E-state index in [0.29, 0.717) is 43.0 Å². The van der Waals surface area contributed by atoms with E-state index in [1.165, 1.54) is 17.8 Å². The molecule has 0 spiro atoms. The number of aliphatic hydroxyl groups is 1. The number of pyridine rings is 1. The molecule has 1 amide bonds. The van der Waals surface area contributed by atoms with E-state index in [2.05, 4.69) is 10.3 Å². The Hall–Kier alpha value is -4.55. The summed E-state index contributed by atoms with van der Waals surface area (Å²) in [5.41, 5.74) is 5.67. The van der Waals surface area contributed by atoms with Crippen molar-refractivity contribution in [1.82, 2.24) is 10.3 Å². The molecular formula is C37H38N2O8S. The van der Waals surface area contributed by atoms with Gasteiger partial charge in [0.15, 0.2) is 6.29 Å². The summed E-state index contributed by atoms with van der Waals surface area (Å²) in [7, 11) is 0. The molecule has 2 heterocycles. The highest BCUT2D eigenvalue weighted by molar-refractivity contribution is 7.99. The number of carboxylic acids is 2. The lowest BCUT2D eigenvalue weighted by molar-refractivity contribution is -0.245. The molecule has 5 rings (SSSR count). The van der Waals surface area contributed by atoms with Gasteiger partial charge in [0.25, 0.3) is 0 Å². The zero-order valence-corrected chi connectivity index (χ0v) is 27.1. The lowest BCUT2D eigenvalue weighted by Gasteiger charge is -2.36. The quantitative estimate of drug-likeness (QED) is 0.0810. The second kappa shape index (κ2) is 17.0. The zero-order valence-electron chi connectivity index (χ0n) is 26.3. The summed E-state index contributed by atoms with van der Waals surface area (Å²) in [4.78, 5) is 38.9. The number of amides is 1. The van der Waals surface area contributed by atoms with Crippen molar-refractivity contribution < 1.29 is 39.2 Å². The molecule has 1 aliphatic heterocycles. The normalized spacial score (nSPS) is 17.5. The number of rotatable bonds is 15. The van der Waals surface area contributed by atoms with Gasteiger partial charge in [0.05, 0.1) is 24.4 Å². The molecule has 1 saturated heterocycles. The van der Waals surface area contributed by atoms with Crippen LogP contribution in [-0.4, -0.2) is 50.0 Å². The van der Waals surface area contributed by atoms with E-state index in [-0.39, 0.29) is 36.7 Å². The van der Waals surface area contributed by atoms with Crippen molar-refractivity contribution in [2.24, 2.45) is 0 Å². The molecule has 0 bridgehead atoms. The van der Waals surface area contributed by atoms with E-state index in [9.17, 15) is 24.6 Å². The van der Waals surface area contributed by atoms with Gasteiger partial charge in [-0.3, -0.25) is 9.59 Å². The van der Waals surface area contributed by atoms with Crippen LogP contribution in [0.5, 0.6) is 0 Å². The summed E-state index contributed by atoms with van der Waals surface area (Å²) in [6.07, 6.45) is 2.29. The number of aromatic nitrogens is 1. The molecule has 10 nitrogen and oxygen atoms in total. The summed E-state index contributed by atoms with van der Waals surface area (Å²) < 4.78 is 12.9. The van der Waals surface area contributed by atoms with Gasteiger partial charge >= 0.3 is 11.9 Å². The van der Waals surface area contributed by atoms with Gasteiger partial charge in [-0.2, -0.15) is 0 Å². The zero-order chi connectivity index (χ0) is 33.9. The summed E-state index contributed by atoms with van der Waals surface area (Å²) in [5, 5.41) is 31.2. The number of aliphatic carboxylic acids is 1. The average Bonchev–Trinajstić information content (AvgIpc) is 3.11. The summed E-state index contributed by atoms with van der Waals surface area (Å²) in [5.74, 6) is -1.51. The molecule has 0 saturated carbocycles. The van der Waals surface area contributed by atoms with Crippen LogP contribution in [0, 0.1) is 0 Å². The Balaban J connectivity index is 1.26. The molecule has 48 heavy (non-hydrogen) atoms. The maximum absolute atomic E-state index is 12.2. The van der Waals surface area contributed by atoms with Crippen LogP contribution in [0.15, 0.2) is 96.2 Å². The largest absolute Gasteiger partial charge is 0.481 e. The van der Waals surface area contributed by atoms with Gasteiger partial charge in [-0.1, -0.05) is 66.7 Å². The van der Waals surface area contributed by atoms with Crippen molar-refractivity contribution in [3.8, 4) is 11.1 Å². The minimum Gasteiger partial charge on any atom is -0.481 e. The highest BCUT2D eigenvalue weighted by atomic mass is 32.2. The second-order valence-corrected chi connectivity index (χ2v) is 12.5. The molecule has 4 aromatic rings. The number of carboxylic acid groups (broad SMARTS) is 2. The number of ether oxygens (including phenoxy) is 2. The summed E-state index contributed by atoms with van der Waals surface area (Å²) in [6, 6.07) is 26.6. The van der Waals surface area contributed by atoms with E-state index in [0.717, 1.165) is 33.4 Å². The SMILES string of the molecule is O=C(O)CCCCC(=O)NCc1cccc(-c2ccc(C3OC(CSc4ncccc4C(=O)O)CC(c4ccc(CO)cc4)O3)cc2)c1. The molecule has 1 fully saturated rings. The van der Waals surface area contributed by atoms with Gasteiger partial charge in [-0.25, -0.2) is 9.78 Å². The number of carbonyl (C=O) groups excluding carboxylic acids is 1. The third-order valence-electron chi connectivity index (χ3n) is 8.00. The van der Waals surface area contributed by atoms with Crippen molar-refractivity contribution in [2.75, 3.05) is 5.75 Å². The maximum atomic E-state index is 12.2. The lowest BCUT2D eigenvalue weighted by Crippen LogP contribution is -2.31. The van der Waals surface area contributed by atoms with Crippen LogP contribution in [0.1, 0.15) is 77.1 Å². The Morgan fingerprint density at radius 2 is 1.58 bits per heavy atom. The van der Waals surface area contributed by atoms with Gasteiger partial charge in [0.2, 0.25) is 5.91 Å². The number of thioether (sulfide) groups is 1. The first-order chi connectivity index (χ1) is 23.3. The molecule has 1 aromatic heterocycles. The van der Waals surface area contributed by atoms with E-state index in [4.69, 9.17) is 14.6 Å². The van der Waals surface area contributed by atoms with Crippen molar-refractivity contribution >= 4 is 29.6 Å². The number of nitrogens with zero attached hydrogens (tertiary/aromatic N) is 1. The molecule has 0 aliphatic carbocycles. The monoisotopic (exact) mass is 670 g/mol. The number of aromatic carboxylic acids is 1. The molecule has 1 aliphatic rings. The molecule has 3 aromatic carbocycles. The minimum atomic E-state index is -1.03. The van der Waals surface area contributed by atoms with Crippen molar-refractivity contribution in [3.63, 3.8) is 0 Å². The molecule has 11 heteroatoms. The number of benzene rings is 3. The van der Waals surface area contributed by atoms with Crippen LogP contribution in [0.3, 0.4) is 0 Å². The molecule has 3 unspecified atom stereocenters. The number of carbonyl (C=O) groups is 3. The Morgan fingerprint density at radius 1 is 0.833 bits per heavy atom. The first-order valence-electron chi connectivity index (χ1n) is 15.8. The first-order valence-corrected chi connectivity index (χ1v) is 16.8. The van der Waals surface area contributed by atoms with E-state index in [1.54, 1.807) is 12.3 Å². The fourth-order valence-electron chi connectivity index (χ4n) is 5.41. The third kappa shape index (κ3) is 9.74. The molecule has 4 N–H and O–H groups in total. The average molecular weight is 671 g/mol. The predicted molar refractivity (Wildman–Crippen MR) is 180 cm³/mol. The van der Waals surface area contributed by atoms with E-state index < -0.39 is 18.2 Å². The van der Waals surface area contributed by atoms with Crippen LogP contribution in [0.4, 0.5) is 0 Å². The standard InChI is InChI=1S/C37H38N2O8S/c40-22-24-10-12-27(13-11-24)32-20-30(23-48-35-31(36(44)45)7-4-18-38-35)46-37(47-32)28-16-14-26(15-17-28)29-6-3-5-25(19-29)21-39-33(41)8-1-2-9-34(42)43/h3-7,10-19,30,32,37,40H,1-2,8-9,20-23H2,(H,39,41)(H,42,43)(H,44,45). The Bertz CT molecular complexity index is 1700. The minimum absolute atomic E-state index is 0.0487. The second-order valence-electron chi connectivity index (χ2n) is 11.5. The first kappa shape index (κ1) is 34.8. The third-order valence-corrected chi connectivity index (χ3v) is 9.14. The number of hydrogen-bond acceptors (Lipinski definition) is 8. The van der Waals surface area contributed by atoms with E-state index >= 15 is 0 Å². The van der Waals surface area contributed by atoms with Crippen LogP contribution in [0.2, 0.25) is 0 Å². The van der Waals surface area contributed by atoms with Gasteiger partial charge in [0.1, 0.15) is 5.03 Å². The topological polar surface area (TPSA) is 155 Å². The van der Waals surface area contributed by atoms with E-state index in [1.807, 2.05) is 72.8 Å². The smallest absolute Gasteiger partial charge is 0.338 e. The number of aliphatic hydroxyl groups excluding tert-OH is 1. The number of unbranched alkanes of at least 4 members (excludes halogenated alkanes) is 1. The van der Waals surface area contributed by atoms with Crippen LogP contribution in [-0.2, 0) is 32.2 Å². The van der Waals surface area contributed by atoms with Gasteiger partial charge in [0, 0.05) is 43.3 Å². The Morgan fingerprint density at radius 3 is 2.31 bits per heavy atom. The summed E-state index contributed by atoms with van der Waals surface area (Å²) in [6.45, 7) is 0.326. The molecule has 0 radical (unpaired) electrons. The molecule has 250 valence electrons. The fraction of sp³-hybridized carbons (Fsp3) is 0.297. The van der Waals surface area contributed by atoms with Crippen LogP contribution in [0.25, 0.3) is 11.1 Å². The number of nitrogens with one attached hydrogen (secondary N) is 1. The maximum Gasteiger partial charge on any atom is 0.338 e. The predicted octanol–water partition coefficient (Wildman–Crippen LogP) is 6.54. The Kier molecular flexibility index (Phi) is 12.3. The van der Waals surface area contributed by atoms with Crippen molar-refractivity contribution in [2.45, 2.75) is 68.8 Å². The highest BCUT2D eigenvalue weighted by Gasteiger charge is 2.32. The fourth-order valence-corrected chi connectivity index (χ4v) is 6.41. The number of hydrogen-bond donors (Lipinski definition) is 4. The van der Waals surface area contributed by atoms with Crippen LogP contribution < -0.4 is 5.32 Å². The molecular weight excluding hydrogens is 632 g/mol.